The summed E-state index contributed by atoms with van der Waals surface area (Å²) in [6, 6.07) is 19.6. The Balaban J connectivity index is 1.37. The van der Waals surface area contributed by atoms with Gasteiger partial charge in [-0.25, -0.2) is 9.18 Å². The summed E-state index contributed by atoms with van der Waals surface area (Å²) in [5.74, 6) is 0.482. The van der Waals surface area contributed by atoms with E-state index in [0.29, 0.717) is 19.6 Å². The minimum atomic E-state index is -1.11. The quantitative estimate of drug-likeness (QED) is 0.181. The number of nitrogens with zero attached hydrogens (tertiary/aromatic N) is 1. The number of ether oxygens (including phenoxy) is 3. The van der Waals surface area contributed by atoms with Crippen LogP contribution in [0.5, 0.6) is 5.75 Å². The maximum Gasteiger partial charge on any atom is 0.407 e. The number of likely N-dealkylation sites (tertiary alicyclic amines) is 1. The third-order valence-electron chi connectivity index (χ3n) is 6.77. The van der Waals surface area contributed by atoms with E-state index in [0.717, 1.165) is 40.3 Å². The van der Waals surface area contributed by atoms with Crippen molar-refractivity contribution in [1.82, 2.24) is 4.90 Å². The van der Waals surface area contributed by atoms with Gasteiger partial charge in [0.05, 0.1) is 19.3 Å². The molecular weight excluding hydrogens is 489 g/mol. The van der Waals surface area contributed by atoms with Crippen molar-refractivity contribution < 1.29 is 28.5 Å². The van der Waals surface area contributed by atoms with E-state index in [-0.39, 0.29) is 31.2 Å². The number of hydrogen-bond donors (Lipinski definition) is 1. The Hall–Kier alpha value is -2.94. The maximum atomic E-state index is 13.4. The summed E-state index contributed by atoms with van der Waals surface area (Å²) in [5, 5.41) is 11.6. The van der Waals surface area contributed by atoms with Crippen molar-refractivity contribution >= 4 is 24.9 Å². The van der Waals surface area contributed by atoms with Gasteiger partial charge in [0.2, 0.25) is 0 Å². The second-order valence-electron chi connectivity index (χ2n) is 10.8. The smallest absolute Gasteiger partial charge is 0.407 e. The molecule has 2 atom stereocenters. The van der Waals surface area contributed by atoms with Crippen molar-refractivity contribution in [1.29, 1.82) is 0 Å². The molecule has 198 valence electrons. The molecule has 6 nitrogen and oxygen atoms in total. The van der Waals surface area contributed by atoms with Gasteiger partial charge in [0.1, 0.15) is 11.6 Å². The molecule has 3 aromatic rings. The van der Waals surface area contributed by atoms with E-state index in [1.807, 2.05) is 30.3 Å². The molecule has 1 heterocycles. The van der Waals surface area contributed by atoms with Crippen LogP contribution in [0.3, 0.4) is 0 Å². The van der Waals surface area contributed by atoms with Crippen molar-refractivity contribution in [2.24, 2.45) is 0 Å². The molecule has 1 aliphatic rings. The van der Waals surface area contributed by atoms with Crippen molar-refractivity contribution in [3.8, 4) is 5.75 Å². The molecule has 8 heteroatoms. The molecule has 0 saturated carbocycles. The number of hydrogen-bond acceptors (Lipinski definition) is 4. The monoisotopic (exact) mass is 525 g/mol. The Morgan fingerprint density at radius 3 is 2.51 bits per heavy atom. The number of rotatable bonds is 10. The lowest BCUT2D eigenvalue weighted by atomic mass is 9.87. The van der Waals surface area contributed by atoms with Gasteiger partial charge in [0.25, 0.3) is 0 Å². The molecule has 0 bridgehead atoms. The number of amides is 1. The molecule has 37 heavy (non-hydrogen) atoms. The van der Waals surface area contributed by atoms with Crippen LogP contribution < -0.4 is 4.74 Å². The summed E-state index contributed by atoms with van der Waals surface area (Å²) in [6.07, 6.45) is -0.635. The zero-order chi connectivity index (χ0) is 26.4. The maximum absolute atomic E-state index is 13.4. The third kappa shape index (κ3) is 7.77. The highest BCUT2D eigenvalue weighted by atomic mass is 28.3. The SMILES string of the molecule is C[Si](C)(C)CCOCOc1ccc2cc(COC3CN(C(=O)O)CCC3c3ccc(F)cc3)ccc2c1. The van der Waals surface area contributed by atoms with Gasteiger partial charge in [-0.05, 0) is 64.7 Å². The highest BCUT2D eigenvalue weighted by Crippen LogP contribution is 2.32. The fourth-order valence-electron chi connectivity index (χ4n) is 4.55. The summed E-state index contributed by atoms with van der Waals surface area (Å²) in [7, 11) is -1.11. The molecule has 0 aliphatic carbocycles. The standard InChI is InChI=1S/C29H36FNO5Si/c1-37(2,3)15-14-34-20-36-26-11-8-23-16-21(4-5-24(23)17-26)19-35-28-18-31(29(32)33)13-12-27(28)22-6-9-25(30)10-7-22/h4-11,16-17,27-28H,12-15,18-20H2,1-3H3,(H,32,33). The molecule has 0 spiro atoms. The molecule has 0 radical (unpaired) electrons. The van der Waals surface area contributed by atoms with Gasteiger partial charge in [-0.15, -0.1) is 0 Å². The summed E-state index contributed by atoms with van der Waals surface area (Å²) < 4.78 is 31.1. The number of benzene rings is 3. The Kier molecular flexibility index (Phi) is 8.84. The normalized spacial score (nSPS) is 18.2. The number of carboxylic acid groups (broad SMARTS) is 1. The highest BCUT2D eigenvalue weighted by Gasteiger charge is 2.33. The predicted molar refractivity (Wildman–Crippen MR) is 145 cm³/mol. The molecule has 1 amide bonds. The van der Waals surface area contributed by atoms with E-state index in [2.05, 4.69) is 25.7 Å². The van der Waals surface area contributed by atoms with Crippen molar-refractivity contribution in [3.63, 3.8) is 0 Å². The molecule has 1 saturated heterocycles. The number of halogens is 1. The van der Waals surface area contributed by atoms with Crippen LogP contribution in [0.4, 0.5) is 9.18 Å². The number of carbonyl (C=O) groups is 1. The molecule has 1 aliphatic heterocycles. The lowest BCUT2D eigenvalue weighted by molar-refractivity contribution is -0.0199. The van der Waals surface area contributed by atoms with E-state index in [1.165, 1.54) is 17.0 Å². The largest absolute Gasteiger partial charge is 0.468 e. The van der Waals surface area contributed by atoms with E-state index in [9.17, 15) is 14.3 Å². The van der Waals surface area contributed by atoms with Crippen LogP contribution >= 0.6 is 0 Å². The van der Waals surface area contributed by atoms with Crippen LogP contribution in [0.1, 0.15) is 23.5 Å². The first-order valence-corrected chi connectivity index (χ1v) is 16.5. The van der Waals surface area contributed by atoms with Gasteiger partial charge < -0.3 is 24.2 Å². The average molecular weight is 526 g/mol. The molecule has 0 aromatic heterocycles. The van der Waals surface area contributed by atoms with Gasteiger partial charge in [0, 0.05) is 27.1 Å². The van der Waals surface area contributed by atoms with Gasteiger partial charge in [0.15, 0.2) is 6.79 Å². The van der Waals surface area contributed by atoms with E-state index in [4.69, 9.17) is 14.2 Å². The summed E-state index contributed by atoms with van der Waals surface area (Å²) in [4.78, 5) is 13.0. The Bertz CT molecular complexity index is 1200. The second kappa shape index (κ2) is 12.1. The molecule has 1 N–H and O–H groups in total. The number of piperidine rings is 1. The van der Waals surface area contributed by atoms with Gasteiger partial charge in [-0.1, -0.05) is 50.0 Å². The summed E-state index contributed by atoms with van der Waals surface area (Å²) >= 11 is 0. The molecule has 4 rings (SSSR count). The Labute approximate surface area is 219 Å². The molecule has 2 unspecified atom stereocenters. The number of fused-ring (bicyclic) bond motifs is 1. The Morgan fingerprint density at radius 1 is 1.05 bits per heavy atom. The van der Waals surface area contributed by atoms with Crippen LogP contribution in [0.25, 0.3) is 10.8 Å². The highest BCUT2D eigenvalue weighted by molar-refractivity contribution is 6.76. The van der Waals surface area contributed by atoms with E-state index < -0.39 is 14.2 Å². The van der Waals surface area contributed by atoms with Crippen molar-refractivity contribution in [2.45, 2.75) is 50.7 Å². The first-order chi connectivity index (χ1) is 17.7. The molecule has 1 fully saturated rings. The van der Waals surface area contributed by atoms with E-state index in [1.54, 1.807) is 12.1 Å². The zero-order valence-electron chi connectivity index (χ0n) is 21.8. The first-order valence-electron chi connectivity index (χ1n) is 12.8. The van der Waals surface area contributed by atoms with Gasteiger partial charge >= 0.3 is 6.09 Å². The lowest BCUT2D eigenvalue weighted by Crippen LogP contribution is -2.46. The molecule has 3 aromatic carbocycles. The second-order valence-corrected chi connectivity index (χ2v) is 16.5. The summed E-state index contributed by atoms with van der Waals surface area (Å²) in [5.41, 5.74) is 1.97. The van der Waals surface area contributed by atoms with Gasteiger partial charge in [-0.2, -0.15) is 0 Å². The van der Waals surface area contributed by atoms with E-state index >= 15 is 0 Å². The third-order valence-corrected chi connectivity index (χ3v) is 8.48. The molecular formula is C29H36FNO5Si. The van der Waals surface area contributed by atoms with Crippen LogP contribution in [0.2, 0.25) is 25.7 Å². The zero-order valence-corrected chi connectivity index (χ0v) is 22.8. The van der Waals surface area contributed by atoms with Gasteiger partial charge in [-0.3, -0.25) is 0 Å². The fourth-order valence-corrected chi connectivity index (χ4v) is 5.31. The summed E-state index contributed by atoms with van der Waals surface area (Å²) in [6.45, 7) is 9.00. The minimum Gasteiger partial charge on any atom is -0.468 e. The van der Waals surface area contributed by atoms with Crippen molar-refractivity contribution in [2.75, 3.05) is 26.5 Å². The Morgan fingerprint density at radius 2 is 1.78 bits per heavy atom. The average Bonchev–Trinajstić information content (AvgIpc) is 2.87. The topological polar surface area (TPSA) is 68.2 Å². The van der Waals surface area contributed by atoms with Crippen LogP contribution in [-0.4, -0.2) is 56.8 Å². The van der Waals surface area contributed by atoms with Crippen LogP contribution in [0, 0.1) is 5.82 Å². The van der Waals surface area contributed by atoms with Crippen LogP contribution in [0.15, 0.2) is 60.7 Å². The minimum absolute atomic E-state index is 0.00400. The van der Waals surface area contributed by atoms with Crippen LogP contribution in [-0.2, 0) is 16.1 Å². The first kappa shape index (κ1) is 27.1. The van der Waals surface area contributed by atoms with Crippen molar-refractivity contribution in [3.05, 3.63) is 77.6 Å². The predicted octanol–water partition coefficient (Wildman–Crippen LogP) is 6.72. The fraction of sp³-hybridized carbons (Fsp3) is 0.414. The lowest BCUT2D eigenvalue weighted by Gasteiger charge is -2.37.